The van der Waals surface area contributed by atoms with Crippen LogP contribution in [-0.2, 0) is 9.59 Å². The summed E-state index contributed by atoms with van der Waals surface area (Å²) in [4.78, 5) is 27.3. The van der Waals surface area contributed by atoms with Gasteiger partial charge >= 0.3 is 0 Å². The number of nitrogens with one attached hydrogen (secondary N) is 2. The molecule has 2 aromatic rings. The standard InChI is InChI=1S/C13H12N4O3S/c1-20-7-2-3-8-10(6-7)21-13(14-8)15-12(19)9-4-5-11(18)17-16-9/h2-3,6H,4-5H2,1H3,(H,17,18)(H,14,15,19). The van der Waals surface area contributed by atoms with Gasteiger partial charge in [-0.2, -0.15) is 5.10 Å². The van der Waals surface area contributed by atoms with E-state index < -0.39 is 0 Å². The second kappa shape index (κ2) is 5.49. The van der Waals surface area contributed by atoms with Gasteiger partial charge < -0.3 is 4.74 Å². The van der Waals surface area contributed by atoms with Crippen molar-refractivity contribution in [3.63, 3.8) is 0 Å². The highest BCUT2D eigenvalue weighted by Gasteiger charge is 2.19. The maximum atomic E-state index is 12.0. The normalized spacial score (nSPS) is 14.5. The summed E-state index contributed by atoms with van der Waals surface area (Å²) in [5.74, 6) is 0.211. The van der Waals surface area contributed by atoms with Crippen LogP contribution in [0.4, 0.5) is 5.13 Å². The van der Waals surface area contributed by atoms with Crippen molar-refractivity contribution in [1.29, 1.82) is 0 Å². The molecule has 0 fully saturated rings. The summed E-state index contributed by atoms with van der Waals surface area (Å²) in [5.41, 5.74) is 3.38. The van der Waals surface area contributed by atoms with E-state index in [1.165, 1.54) is 11.3 Å². The van der Waals surface area contributed by atoms with Gasteiger partial charge in [0.1, 0.15) is 11.5 Å². The van der Waals surface area contributed by atoms with E-state index in [0.717, 1.165) is 16.0 Å². The Bertz CT molecular complexity index is 753. The lowest BCUT2D eigenvalue weighted by Gasteiger charge is -2.10. The van der Waals surface area contributed by atoms with E-state index in [9.17, 15) is 9.59 Å². The average molecular weight is 304 g/mol. The van der Waals surface area contributed by atoms with Gasteiger partial charge in [-0.25, -0.2) is 10.4 Å². The molecule has 0 saturated carbocycles. The van der Waals surface area contributed by atoms with Gasteiger partial charge in [0.2, 0.25) is 5.91 Å². The fourth-order valence-corrected chi connectivity index (χ4v) is 2.78. The number of amides is 2. The molecule has 0 bridgehead atoms. The van der Waals surface area contributed by atoms with Crippen LogP contribution in [0, 0.1) is 0 Å². The number of hydrazone groups is 1. The van der Waals surface area contributed by atoms with Gasteiger partial charge in [-0.3, -0.25) is 14.9 Å². The lowest BCUT2D eigenvalue weighted by Crippen LogP contribution is -2.32. The summed E-state index contributed by atoms with van der Waals surface area (Å²) in [6.45, 7) is 0. The predicted molar refractivity (Wildman–Crippen MR) is 79.6 cm³/mol. The number of thiazole rings is 1. The zero-order chi connectivity index (χ0) is 14.8. The van der Waals surface area contributed by atoms with Crippen LogP contribution >= 0.6 is 11.3 Å². The molecule has 7 nitrogen and oxygen atoms in total. The summed E-state index contributed by atoms with van der Waals surface area (Å²) in [5, 5.41) is 6.94. The molecule has 1 aromatic heterocycles. The minimum atomic E-state index is -0.346. The Hall–Kier alpha value is -2.48. The van der Waals surface area contributed by atoms with E-state index in [1.807, 2.05) is 18.2 Å². The largest absolute Gasteiger partial charge is 0.497 e. The first kappa shape index (κ1) is 13.5. The number of fused-ring (bicyclic) bond motifs is 1. The van der Waals surface area contributed by atoms with Crippen molar-refractivity contribution in [3.05, 3.63) is 18.2 Å². The maximum Gasteiger partial charge on any atom is 0.273 e. The second-order valence-electron chi connectivity index (χ2n) is 4.40. The Morgan fingerprint density at radius 3 is 3.00 bits per heavy atom. The predicted octanol–water partition coefficient (Wildman–Crippen LogP) is 1.51. The number of rotatable bonds is 3. The van der Waals surface area contributed by atoms with Crippen LogP contribution < -0.4 is 15.5 Å². The third-order valence-electron chi connectivity index (χ3n) is 2.98. The molecule has 3 rings (SSSR count). The zero-order valence-electron chi connectivity index (χ0n) is 11.2. The molecule has 2 heterocycles. The van der Waals surface area contributed by atoms with Crippen LogP contribution in [0.5, 0.6) is 5.75 Å². The molecule has 1 aromatic carbocycles. The molecule has 8 heteroatoms. The molecule has 0 saturated heterocycles. The highest BCUT2D eigenvalue weighted by molar-refractivity contribution is 7.22. The smallest absolute Gasteiger partial charge is 0.273 e. The Balaban J connectivity index is 1.78. The van der Waals surface area contributed by atoms with Gasteiger partial charge in [-0.15, -0.1) is 0 Å². The van der Waals surface area contributed by atoms with Crippen LogP contribution in [0.3, 0.4) is 0 Å². The first-order chi connectivity index (χ1) is 10.2. The van der Waals surface area contributed by atoms with Gasteiger partial charge in [0.25, 0.3) is 5.91 Å². The van der Waals surface area contributed by atoms with E-state index in [0.29, 0.717) is 17.3 Å². The molecule has 108 valence electrons. The van der Waals surface area contributed by atoms with Crippen LogP contribution in [-0.4, -0.2) is 29.6 Å². The second-order valence-corrected chi connectivity index (χ2v) is 5.43. The van der Waals surface area contributed by atoms with Crippen molar-refractivity contribution in [2.24, 2.45) is 5.10 Å². The van der Waals surface area contributed by atoms with Gasteiger partial charge in [0.05, 0.1) is 17.3 Å². The van der Waals surface area contributed by atoms with Crippen molar-refractivity contribution < 1.29 is 14.3 Å². The van der Waals surface area contributed by atoms with Crippen LogP contribution in [0.2, 0.25) is 0 Å². The molecular weight excluding hydrogens is 292 g/mol. The van der Waals surface area contributed by atoms with E-state index in [2.05, 4.69) is 20.8 Å². The fraction of sp³-hybridized carbons (Fsp3) is 0.231. The minimum Gasteiger partial charge on any atom is -0.497 e. The number of hydrogen-bond donors (Lipinski definition) is 2. The molecule has 21 heavy (non-hydrogen) atoms. The number of hydrogen-bond acceptors (Lipinski definition) is 6. The Labute approximate surface area is 124 Å². The molecule has 0 spiro atoms. The summed E-state index contributed by atoms with van der Waals surface area (Å²) in [6.07, 6.45) is 0.597. The van der Waals surface area contributed by atoms with Crippen molar-refractivity contribution in [2.45, 2.75) is 12.8 Å². The Morgan fingerprint density at radius 1 is 1.43 bits per heavy atom. The lowest BCUT2D eigenvalue weighted by atomic mass is 10.2. The van der Waals surface area contributed by atoms with Crippen LogP contribution in [0.1, 0.15) is 12.8 Å². The number of ether oxygens (including phenoxy) is 1. The van der Waals surface area contributed by atoms with Gasteiger partial charge in [0, 0.05) is 12.8 Å². The molecule has 0 aliphatic carbocycles. The van der Waals surface area contributed by atoms with Gasteiger partial charge in [-0.1, -0.05) is 11.3 Å². The average Bonchev–Trinajstić information content (AvgIpc) is 2.88. The zero-order valence-corrected chi connectivity index (χ0v) is 12.0. The molecule has 1 aliphatic rings. The Morgan fingerprint density at radius 2 is 2.29 bits per heavy atom. The van der Waals surface area contributed by atoms with E-state index in [4.69, 9.17) is 4.74 Å². The third-order valence-corrected chi connectivity index (χ3v) is 3.92. The lowest BCUT2D eigenvalue weighted by molar-refractivity contribution is -0.121. The van der Waals surface area contributed by atoms with Crippen LogP contribution in [0.25, 0.3) is 10.2 Å². The first-order valence-corrected chi connectivity index (χ1v) is 7.08. The van der Waals surface area contributed by atoms with Crippen molar-refractivity contribution in [3.8, 4) is 5.75 Å². The van der Waals surface area contributed by atoms with Gasteiger partial charge in [-0.05, 0) is 18.2 Å². The monoisotopic (exact) mass is 304 g/mol. The third kappa shape index (κ3) is 2.84. The summed E-state index contributed by atoms with van der Waals surface area (Å²) in [6, 6.07) is 5.51. The number of aromatic nitrogens is 1. The van der Waals surface area contributed by atoms with Crippen molar-refractivity contribution >= 4 is 44.2 Å². The maximum absolute atomic E-state index is 12.0. The van der Waals surface area contributed by atoms with Crippen molar-refractivity contribution in [1.82, 2.24) is 10.4 Å². The van der Waals surface area contributed by atoms with E-state index >= 15 is 0 Å². The number of benzene rings is 1. The molecule has 1 aliphatic heterocycles. The molecular formula is C13H12N4O3S. The fourth-order valence-electron chi connectivity index (χ4n) is 1.89. The molecule has 2 amide bonds. The topological polar surface area (TPSA) is 92.7 Å². The molecule has 0 atom stereocenters. The van der Waals surface area contributed by atoms with E-state index in [-0.39, 0.29) is 18.2 Å². The highest BCUT2D eigenvalue weighted by Crippen LogP contribution is 2.29. The summed E-state index contributed by atoms with van der Waals surface area (Å²) >= 11 is 1.35. The van der Waals surface area contributed by atoms with Crippen molar-refractivity contribution in [2.75, 3.05) is 12.4 Å². The summed E-state index contributed by atoms with van der Waals surface area (Å²) < 4.78 is 6.07. The number of anilines is 1. The molecule has 0 radical (unpaired) electrons. The van der Waals surface area contributed by atoms with Gasteiger partial charge in [0.15, 0.2) is 5.13 Å². The van der Waals surface area contributed by atoms with Crippen LogP contribution in [0.15, 0.2) is 23.3 Å². The number of carbonyl (C=O) groups is 2. The Kier molecular flexibility index (Phi) is 3.53. The number of methoxy groups -OCH3 is 1. The number of carbonyl (C=O) groups excluding carboxylic acids is 2. The minimum absolute atomic E-state index is 0.182. The molecule has 0 unspecified atom stereocenters. The highest BCUT2D eigenvalue weighted by atomic mass is 32.1. The SMILES string of the molecule is COc1ccc2nc(NC(=O)C3=NNC(=O)CC3)sc2c1. The first-order valence-electron chi connectivity index (χ1n) is 6.27. The molecule has 2 N–H and O–H groups in total. The quantitative estimate of drug-likeness (QED) is 0.899. The number of nitrogens with zero attached hydrogens (tertiary/aromatic N) is 2. The van der Waals surface area contributed by atoms with E-state index in [1.54, 1.807) is 7.11 Å². The summed E-state index contributed by atoms with van der Waals surface area (Å²) in [7, 11) is 1.60.